The minimum Gasteiger partial charge on any atom is -0.338 e. The monoisotopic (exact) mass is 323 g/mol. The molecule has 6 heteroatoms. The lowest BCUT2D eigenvalue weighted by Crippen LogP contribution is -2.33. The molecule has 0 aromatic heterocycles. The first-order chi connectivity index (χ1) is 8.51. The molecule has 0 saturated carbocycles. The second kappa shape index (κ2) is 6.78. The van der Waals surface area contributed by atoms with Crippen LogP contribution in [0.3, 0.4) is 0 Å². The molecule has 0 bridgehead atoms. The van der Waals surface area contributed by atoms with Crippen LogP contribution in [-0.4, -0.2) is 29.2 Å². The normalized spacial score (nSPS) is 10.5. The summed E-state index contributed by atoms with van der Waals surface area (Å²) in [5, 5.41) is 0.560. The summed E-state index contributed by atoms with van der Waals surface area (Å²) in [6.45, 7) is 2.79. The number of rotatable bonds is 5. The van der Waals surface area contributed by atoms with Crippen molar-refractivity contribution >= 4 is 21.8 Å². The summed E-state index contributed by atoms with van der Waals surface area (Å²) in [6, 6.07) is 1.44. The summed E-state index contributed by atoms with van der Waals surface area (Å²) >= 11 is 3.20. The fraction of sp³-hybridized carbons (Fsp3) is 0.417. The van der Waals surface area contributed by atoms with Crippen LogP contribution in [0.5, 0.6) is 0 Å². The largest absolute Gasteiger partial charge is 0.338 e. The van der Waals surface area contributed by atoms with E-state index in [0.29, 0.717) is 18.4 Å². The predicted octanol–water partition coefficient (Wildman–Crippen LogP) is 3.35. The molecule has 0 saturated heterocycles. The van der Waals surface area contributed by atoms with Crippen LogP contribution in [0.25, 0.3) is 0 Å². The third-order valence-corrected chi connectivity index (χ3v) is 2.72. The number of hydrogen-bond acceptors (Lipinski definition) is 1. The zero-order valence-electron chi connectivity index (χ0n) is 9.85. The number of hydrogen-bond donors (Lipinski definition) is 0. The average molecular weight is 324 g/mol. The number of benzene rings is 1. The van der Waals surface area contributed by atoms with Crippen molar-refractivity contribution in [3.63, 3.8) is 0 Å². The van der Waals surface area contributed by atoms with Crippen LogP contribution in [0.4, 0.5) is 13.2 Å². The van der Waals surface area contributed by atoms with Gasteiger partial charge in [0.15, 0.2) is 17.5 Å². The summed E-state index contributed by atoms with van der Waals surface area (Å²) in [7, 11) is 0. The summed E-state index contributed by atoms with van der Waals surface area (Å²) in [5.74, 6) is -4.77. The number of alkyl halides is 1. The van der Waals surface area contributed by atoms with Gasteiger partial charge >= 0.3 is 0 Å². The van der Waals surface area contributed by atoms with E-state index in [1.165, 1.54) is 4.90 Å². The molecule has 0 spiro atoms. The maximum absolute atomic E-state index is 13.0. The van der Waals surface area contributed by atoms with E-state index in [2.05, 4.69) is 15.9 Å². The van der Waals surface area contributed by atoms with E-state index >= 15 is 0 Å². The Hall–Kier alpha value is -1.04. The highest BCUT2D eigenvalue weighted by Crippen LogP contribution is 2.15. The van der Waals surface area contributed by atoms with Crippen molar-refractivity contribution < 1.29 is 18.0 Å². The number of nitrogens with zero attached hydrogens (tertiary/aromatic N) is 1. The fourth-order valence-corrected chi connectivity index (χ4v) is 1.98. The fourth-order valence-electron chi connectivity index (χ4n) is 1.55. The Morgan fingerprint density at radius 2 is 1.78 bits per heavy atom. The minimum absolute atomic E-state index is 0.180. The highest BCUT2D eigenvalue weighted by Gasteiger charge is 2.19. The van der Waals surface area contributed by atoms with Crippen LogP contribution in [0, 0.1) is 17.5 Å². The molecule has 0 fully saturated rings. The molecular weight excluding hydrogens is 311 g/mol. The van der Waals surface area contributed by atoms with Crippen molar-refractivity contribution in [2.24, 2.45) is 0 Å². The molecule has 0 radical (unpaired) electrons. The zero-order valence-corrected chi connectivity index (χ0v) is 11.4. The summed E-state index contributed by atoms with van der Waals surface area (Å²) in [6.07, 6.45) is 0.727. The first-order valence-electron chi connectivity index (χ1n) is 5.51. The molecule has 0 heterocycles. The molecule has 1 aromatic rings. The smallest absolute Gasteiger partial charge is 0.254 e. The SMILES string of the molecule is CCCN(CCBr)C(=O)c1cc(F)c(F)c(F)c1. The van der Waals surface area contributed by atoms with Gasteiger partial charge in [0, 0.05) is 24.0 Å². The van der Waals surface area contributed by atoms with Gasteiger partial charge < -0.3 is 4.90 Å². The van der Waals surface area contributed by atoms with Gasteiger partial charge in [0.2, 0.25) is 0 Å². The van der Waals surface area contributed by atoms with Crippen molar-refractivity contribution in [3.8, 4) is 0 Å². The standard InChI is InChI=1S/C12H13BrF3NO/c1-2-4-17(5-3-13)12(18)8-6-9(14)11(16)10(15)7-8/h6-7H,2-5H2,1H3. The maximum atomic E-state index is 13.0. The lowest BCUT2D eigenvalue weighted by Gasteiger charge is -2.21. The van der Waals surface area contributed by atoms with Gasteiger partial charge in [-0.2, -0.15) is 0 Å². The molecule has 0 aliphatic carbocycles. The second-order valence-corrected chi connectivity index (χ2v) is 4.53. The third kappa shape index (κ3) is 3.48. The number of amides is 1. The molecule has 0 aliphatic heterocycles. The van der Waals surface area contributed by atoms with Crippen molar-refractivity contribution in [2.45, 2.75) is 13.3 Å². The molecule has 0 atom stereocenters. The molecule has 1 rings (SSSR count). The van der Waals surface area contributed by atoms with Gasteiger partial charge in [0.05, 0.1) is 0 Å². The van der Waals surface area contributed by atoms with Gasteiger partial charge in [-0.25, -0.2) is 13.2 Å². The zero-order chi connectivity index (χ0) is 13.7. The van der Waals surface area contributed by atoms with E-state index in [1.807, 2.05) is 6.92 Å². The van der Waals surface area contributed by atoms with E-state index in [1.54, 1.807) is 0 Å². The predicted molar refractivity (Wildman–Crippen MR) is 66.3 cm³/mol. The highest BCUT2D eigenvalue weighted by molar-refractivity contribution is 9.09. The topological polar surface area (TPSA) is 20.3 Å². The molecule has 1 aromatic carbocycles. The van der Waals surface area contributed by atoms with Gasteiger partial charge in [0.1, 0.15) is 0 Å². The molecule has 18 heavy (non-hydrogen) atoms. The van der Waals surface area contributed by atoms with Crippen LogP contribution in [0.15, 0.2) is 12.1 Å². The Labute approximate surface area is 112 Å². The minimum atomic E-state index is -1.56. The van der Waals surface area contributed by atoms with Crippen molar-refractivity contribution in [2.75, 3.05) is 18.4 Å². The Balaban J connectivity index is 3.01. The van der Waals surface area contributed by atoms with Crippen LogP contribution in [0.2, 0.25) is 0 Å². The van der Waals surface area contributed by atoms with Gasteiger partial charge in [-0.1, -0.05) is 22.9 Å². The summed E-state index contributed by atoms with van der Waals surface area (Å²) in [4.78, 5) is 13.4. The van der Waals surface area contributed by atoms with Gasteiger partial charge in [-0.05, 0) is 18.6 Å². The number of carbonyl (C=O) groups is 1. The van der Waals surface area contributed by atoms with Crippen molar-refractivity contribution in [1.29, 1.82) is 0 Å². The average Bonchev–Trinajstić information content (AvgIpc) is 2.34. The van der Waals surface area contributed by atoms with Crippen LogP contribution in [-0.2, 0) is 0 Å². The number of carbonyl (C=O) groups excluding carboxylic acids is 1. The molecular formula is C12H13BrF3NO. The van der Waals surface area contributed by atoms with Crippen molar-refractivity contribution in [3.05, 3.63) is 35.1 Å². The third-order valence-electron chi connectivity index (χ3n) is 2.37. The van der Waals surface area contributed by atoms with E-state index in [9.17, 15) is 18.0 Å². The summed E-state index contributed by atoms with van der Waals surface area (Å²) < 4.78 is 38.9. The molecule has 100 valence electrons. The Kier molecular flexibility index (Phi) is 5.65. The Morgan fingerprint density at radius 3 is 2.22 bits per heavy atom. The maximum Gasteiger partial charge on any atom is 0.254 e. The van der Waals surface area contributed by atoms with E-state index in [-0.39, 0.29) is 5.56 Å². The number of halogens is 4. The van der Waals surface area contributed by atoms with E-state index in [0.717, 1.165) is 18.6 Å². The van der Waals surface area contributed by atoms with Crippen LogP contribution < -0.4 is 0 Å². The van der Waals surface area contributed by atoms with Crippen LogP contribution in [0.1, 0.15) is 23.7 Å². The Morgan fingerprint density at radius 1 is 1.22 bits per heavy atom. The quantitative estimate of drug-likeness (QED) is 0.601. The molecule has 1 amide bonds. The van der Waals surface area contributed by atoms with Gasteiger partial charge in [0.25, 0.3) is 5.91 Å². The lowest BCUT2D eigenvalue weighted by atomic mass is 10.1. The lowest BCUT2D eigenvalue weighted by molar-refractivity contribution is 0.0765. The van der Waals surface area contributed by atoms with Crippen LogP contribution >= 0.6 is 15.9 Å². The molecule has 0 aliphatic rings. The molecule has 0 unspecified atom stereocenters. The summed E-state index contributed by atoms with van der Waals surface area (Å²) in [5.41, 5.74) is -0.180. The molecule has 0 N–H and O–H groups in total. The van der Waals surface area contributed by atoms with E-state index in [4.69, 9.17) is 0 Å². The highest BCUT2D eigenvalue weighted by atomic mass is 79.9. The van der Waals surface area contributed by atoms with Crippen molar-refractivity contribution in [1.82, 2.24) is 4.90 Å². The first kappa shape index (κ1) is 15.0. The van der Waals surface area contributed by atoms with E-state index < -0.39 is 23.4 Å². The van der Waals surface area contributed by atoms with Gasteiger partial charge in [-0.15, -0.1) is 0 Å². The first-order valence-corrected chi connectivity index (χ1v) is 6.63. The Bertz CT molecular complexity index is 410. The molecule has 2 nitrogen and oxygen atoms in total. The second-order valence-electron chi connectivity index (χ2n) is 3.74. The van der Waals surface area contributed by atoms with Gasteiger partial charge in [-0.3, -0.25) is 4.79 Å².